The van der Waals surface area contributed by atoms with E-state index in [0.29, 0.717) is 0 Å². The van der Waals surface area contributed by atoms with Crippen LogP contribution in [-0.2, 0) is 4.79 Å². The van der Waals surface area contributed by atoms with Gasteiger partial charge in [0.2, 0.25) is 5.24 Å². The third-order valence-corrected chi connectivity index (χ3v) is 3.44. The lowest BCUT2D eigenvalue weighted by Crippen LogP contribution is -2.08. The summed E-state index contributed by atoms with van der Waals surface area (Å²) in [7, 11) is 0. The van der Waals surface area contributed by atoms with Gasteiger partial charge in [0.1, 0.15) is 0 Å². The molecular formula is C14H27ClO. The molecule has 0 aliphatic heterocycles. The maximum Gasteiger partial charge on any atom is 0.224 e. The van der Waals surface area contributed by atoms with Gasteiger partial charge in [-0.05, 0) is 24.4 Å². The van der Waals surface area contributed by atoms with Gasteiger partial charge < -0.3 is 0 Å². The van der Waals surface area contributed by atoms with Gasteiger partial charge in [-0.1, -0.05) is 65.2 Å². The van der Waals surface area contributed by atoms with E-state index >= 15 is 0 Å². The first-order valence-corrected chi connectivity index (χ1v) is 7.29. The van der Waals surface area contributed by atoms with Crippen LogP contribution in [0.4, 0.5) is 0 Å². The maximum atomic E-state index is 11.2. The number of hydrogen-bond acceptors (Lipinski definition) is 1. The SMILES string of the molecule is CCCCCCCCC(CCCC)C(=O)Cl. The van der Waals surface area contributed by atoms with Crippen molar-refractivity contribution in [2.75, 3.05) is 0 Å². The van der Waals surface area contributed by atoms with E-state index in [1.807, 2.05) is 0 Å². The summed E-state index contributed by atoms with van der Waals surface area (Å²) >= 11 is 5.60. The zero-order valence-electron chi connectivity index (χ0n) is 10.9. The molecule has 0 aromatic rings. The topological polar surface area (TPSA) is 17.1 Å². The third-order valence-electron chi connectivity index (χ3n) is 3.13. The number of rotatable bonds is 11. The molecule has 1 atom stereocenters. The van der Waals surface area contributed by atoms with Gasteiger partial charge in [-0.25, -0.2) is 0 Å². The number of unbranched alkanes of at least 4 members (excludes halogenated alkanes) is 6. The summed E-state index contributed by atoms with van der Waals surface area (Å²) in [4.78, 5) is 11.2. The molecule has 0 saturated carbocycles. The standard InChI is InChI=1S/C14H27ClO/c1-3-5-7-8-9-10-12-13(14(15)16)11-6-4-2/h13H,3-12H2,1-2H3. The Hall–Kier alpha value is -0.0400. The molecule has 2 heteroatoms. The Morgan fingerprint density at radius 1 is 0.875 bits per heavy atom. The predicted octanol–water partition coefficient (Wildman–Crippen LogP) is 5.31. The van der Waals surface area contributed by atoms with Crippen molar-refractivity contribution in [3.8, 4) is 0 Å². The van der Waals surface area contributed by atoms with Crippen molar-refractivity contribution in [3.05, 3.63) is 0 Å². The first-order chi connectivity index (χ1) is 7.72. The molecule has 0 aromatic carbocycles. The average Bonchev–Trinajstić information content (AvgIpc) is 2.26. The van der Waals surface area contributed by atoms with E-state index in [0.717, 1.165) is 32.1 Å². The van der Waals surface area contributed by atoms with E-state index in [1.165, 1.54) is 32.1 Å². The van der Waals surface area contributed by atoms with Crippen LogP contribution in [0.15, 0.2) is 0 Å². The molecule has 0 aliphatic carbocycles. The van der Waals surface area contributed by atoms with Crippen LogP contribution in [0.5, 0.6) is 0 Å². The quantitative estimate of drug-likeness (QED) is 0.357. The van der Waals surface area contributed by atoms with E-state index in [2.05, 4.69) is 13.8 Å². The number of carbonyl (C=O) groups is 1. The zero-order chi connectivity index (χ0) is 12.2. The highest BCUT2D eigenvalue weighted by Crippen LogP contribution is 2.20. The second-order valence-corrected chi connectivity index (χ2v) is 5.07. The molecule has 96 valence electrons. The van der Waals surface area contributed by atoms with Crippen molar-refractivity contribution in [1.29, 1.82) is 0 Å². The van der Waals surface area contributed by atoms with Crippen molar-refractivity contribution in [3.63, 3.8) is 0 Å². The fraction of sp³-hybridized carbons (Fsp3) is 0.929. The van der Waals surface area contributed by atoms with Gasteiger partial charge >= 0.3 is 0 Å². The van der Waals surface area contributed by atoms with Gasteiger partial charge in [-0.15, -0.1) is 0 Å². The van der Waals surface area contributed by atoms with E-state index in [-0.39, 0.29) is 11.2 Å². The lowest BCUT2D eigenvalue weighted by molar-refractivity contribution is -0.115. The van der Waals surface area contributed by atoms with E-state index in [4.69, 9.17) is 11.6 Å². The Balaban J connectivity index is 3.48. The molecule has 0 N–H and O–H groups in total. The van der Waals surface area contributed by atoms with Crippen LogP contribution in [0.2, 0.25) is 0 Å². The second-order valence-electron chi connectivity index (χ2n) is 4.70. The Bertz CT molecular complexity index is 168. The van der Waals surface area contributed by atoms with Crippen LogP contribution >= 0.6 is 11.6 Å². The first kappa shape index (κ1) is 16.0. The normalized spacial score (nSPS) is 12.7. The molecule has 0 aliphatic rings. The Labute approximate surface area is 106 Å². The molecule has 0 fully saturated rings. The lowest BCUT2D eigenvalue weighted by Gasteiger charge is -2.11. The highest BCUT2D eigenvalue weighted by Gasteiger charge is 2.14. The number of hydrogen-bond donors (Lipinski definition) is 0. The van der Waals surface area contributed by atoms with Crippen LogP contribution in [-0.4, -0.2) is 5.24 Å². The van der Waals surface area contributed by atoms with Gasteiger partial charge in [0.25, 0.3) is 0 Å². The van der Waals surface area contributed by atoms with Gasteiger partial charge in [0, 0.05) is 5.92 Å². The molecule has 0 bridgehead atoms. The minimum Gasteiger partial charge on any atom is -0.281 e. The summed E-state index contributed by atoms with van der Waals surface area (Å²) in [6.07, 6.45) is 11.9. The summed E-state index contributed by atoms with van der Waals surface area (Å²) in [5.74, 6) is 0.118. The van der Waals surface area contributed by atoms with Gasteiger partial charge in [0.15, 0.2) is 0 Å². The van der Waals surface area contributed by atoms with Gasteiger partial charge in [0.05, 0.1) is 0 Å². The second kappa shape index (κ2) is 11.4. The summed E-state index contributed by atoms with van der Waals surface area (Å²) in [6, 6.07) is 0. The Morgan fingerprint density at radius 3 is 1.94 bits per heavy atom. The minimum absolute atomic E-state index is 0.118. The van der Waals surface area contributed by atoms with Crippen molar-refractivity contribution < 1.29 is 4.79 Å². The fourth-order valence-electron chi connectivity index (χ4n) is 1.99. The summed E-state index contributed by atoms with van der Waals surface area (Å²) in [5, 5.41) is -0.123. The molecule has 16 heavy (non-hydrogen) atoms. The van der Waals surface area contributed by atoms with Crippen LogP contribution < -0.4 is 0 Å². The van der Waals surface area contributed by atoms with Crippen molar-refractivity contribution in [2.45, 2.75) is 78.1 Å². The molecule has 0 spiro atoms. The Morgan fingerprint density at radius 2 is 1.38 bits per heavy atom. The van der Waals surface area contributed by atoms with Gasteiger partial charge in [-0.2, -0.15) is 0 Å². The van der Waals surface area contributed by atoms with Gasteiger partial charge in [-0.3, -0.25) is 4.79 Å². The van der Waals surface area contributed by atoms with Crippen LogP contribution in [0.1, 0.15) is 78.1 Å². The summed E-state index contributed by atoms with van der Waals surface area (Å²) in [5.41, 5.74) is 0. The van der Waals surface area contributed by atoms with Crippen molar-refractivity contribution >= 4 is 16.8 Å². The van der Waals surface area contributed by atoms with Crippen LogP contribution in [0, 0.1) is 5.92 Å². The van der Waals surface area contributed by atoms with Crippen LogP contribution in [0.3, 0.4) is 0 Å². The molecule has 0 heterocycles. The van der Waals surface area contributed by atoms with Crippen molar-refractivity contribution in [2.24, 2.45) is 5.92 Å². The largest absolute Gasteiger partial charge is 0.281 e. The zero-order valence-corrected chi connectivity index (χ0v) is 11.7. The lowest BCUT2D eigenvalue weighted by atomic mass is 9.96. The molecule has 0 rings (SSSR count). The summed E-state index contributed by atoms with van der Waals surface area (Å²) in [6.45, 7) is 4.38. The van der Waals surface area contributed by atoms with E-state index in [1.54, 1.807) is 0 Å². The minimum atomic E-state index is -0.123. The highest BCUT2D eigenvalue weighted by molar-refractivity contribution is 6.63. The molecule has 0 saturated heterocycles. The summed E-state index contributed by atoms with van der Waals surface area (Å²) < 4.78 is 0. The molecule has 0 aromatic heterocycles. The third kappa shape index (κ3) is 9.21. The average molecular weight is 247 g/mol. The Kier molecular flexibility index (Phi) is 11.4. The highest BCUT2D eigenvalue weighted by atomic mass is 35.5. The smallest absolute Gasteiger partial charge is 0.224 e. The number of halogens is 1. The molecule has 1 unspecified atom stereocenters. The van der Waals surface area contributed by atoms with E-state index in [9.17, 15) is 4.79 Å². The number of carbonyl (C=O) groups excluding carboxylic acids is 1. The molecule has 1 nitrogen and oxygen atoms in total. The van der Waals surface area contributed by atoms with Crippen molar-refractivity contribution in [1.82, 2.24) is 0 Å². The molecule has 0 radical (unpaired) electrons. The van der Waals surface area contributed by atoms with Crippen LogP contribution in [0.25, 0.3) is 0 Å². The predicted molar refractivity (Wildman–Crippen MR) is 71.9 cm³/mol. The molecular weight excluding hydrogens is 220 g/mol. The monoisotopic (exact) mass is 246 g/mol. The maximum absolute atomic E-state index is 11.2. The first-order valence-electron chi connectivity index (χ1n) is 6.91. The van der Waals surface area contributed by atoms with E-state index < -0.39 is 0 Å². The molecule has 0 amide bonds. The fourth-order valence-corrected chi connectivity index (χ4v) is 2.21.